The van der Waals surface area contributed by atoms with Crippen molar-refractivity contribution in [3.8, 4) is 11.8 Å². The van der Waals surface area contributed by atoms with Crippen LogP contribution < -0.4 is 4.84 Å². The molecule has 11 nitrogen and oxygen atoms in total. The number of carbonyl (C=O) groups excluding carboxylic acids is 1. The van der Waals surface area contributed by atoms with E-state index in [0.29, 0.717) is 4.73 Å². The number of aromatic hydroxyl groups is 2. The molecule has 0 bridgehead atoms. The van der Waals surface area contributed by atoms with Crippen LogP contribution >= 0.6 is 15.2 Å². The Balaban J connectivity index is 3.50. The fourth-order valence-electron chi connectivity index (χ4n) is 2.69. The van der Waals surface area contributed by atoms with Crippen LogP contribution in [0.15, 0.2) is 12.1 Å². The maximum Gasteiger partial charge on any atom is 0.346 e. The van der Waals surface area contributed by atoms with Gasteiger partial charge in [-0.2, -0.15) is 0 Å². The first kappa shape index (κ1) is 28.7. The van der Waals surface area contributed by atoms with Crippen LogP contribution in [0, 0.1) is 0 Å². The van der Waals surface area contributed by atoms with E-state index < -0.39 is 69.2 Å². The van der Waals surface area contributed by atoms with E-state index in [4.69, 9.17) is 22.9 Å². The minimum Gasteiger partial charge on any atom is -0.492 e. The lowest BCUT2D eigenvalue weighted by atomic mass is 10.5. The van der Waals surface area contributed by atoms with Gasteiger partial charge < -0.3 is 33.1 Å². The first-order valence-electron chi connectivity index (χ1n) is 10.3. The lowest BCUT2D eigenvalue weighted by Crippen LogP contribution is -2.29. The van der Waals surface area contributed by atoms with E-state index in [1.807, 2.05) is 0 Å². The van der Waals surface area contributed by atoms with Gasteiger partial charge in [-0.1, -0.05) is 0 Å². The summed E-state index contributed by atoms with van der Waals surface area (Å²) in [4.78, 5) is 17.7. The highest BCUT2D eigenvalue weighted by Gasteiger charge is 2.54. The summed E-state index contributed by atoms with van der Waals surface area (Å²) in [7, 11) is -8.58. The third-order valence-electron chi connectivity index (χ3n) is 3.50. The smallest absolute Gasteiger partial charge is 0.346 e. The van der Waals surface area contributed by atoms with E-state index in [1.54, 1.807) is 55.4 Å². The Bertz CT molecular complexity index is 764. The standard InChI is InChI=1S/C19H35NO10P2/c1-12(2)27-31(24,28-13(3)4)19(32(25,29-14(5)6)30-15(7)8)11-18(23)26-20-16(21)9-10-17(20)22/h9-10,12-15,19,21-22H,11H2,1-8H3. The molecule has 13 heteroatoms. The summed E-state index contributed by atoms with van der Waals surface area (Å²) in [5.41, 5.74) is 0. The van der Waals surface area contributed by atoms with E-state index in [-0.39, 0.29) is 0 Å². The zero-order chi connectivity index (χ0) is 24.9. The highest BCUT2D eigenvalue weighted by Crippen LogP contribution is 2.72. The van der Waals surface area contributed by atoms with E-state index in [2.05, 4.69) is 0 Å². The quantitative estimate of drug-likeness (QED) is 0.368. The van der Waals surface area contributed by atoms with E-state index in [9.17, 15) is 24.1 Å². The Kier molecular flexibility index (Phi) is 10.5. The van der Waals surface area contributed by atoms with Gasteiger partial charge >= 0.3 is 21.2 Å². The molecule has 1 rings (SSSR count). The summed E-state index contributed by atoms with van der Waals surface area (Å²) in [6, 6.07) is 2.20. The Morgan fingerprint density at radius 1 is 0.781 bits per heavy atom. The number of hydrogen-bond acceptors (Lipinski definition) is 10. The molecular weight excluding hydrogens is 464 g/mol. The van der Waals surface area contributed by atoms with Crippen molar-refractivity contribution in [1.82, 2.24) is 4.73 Å². The van der Waals surface area contributed by atoms with Crippen LogP contribution in [0.5, 0.6) is 11.8 Å². The average molecular weight is 499 g/mol. The van der Waals surface area contributed by atoms with Gasteiger partial charge in [-0.3, -0.25) is 9.13 Å². The van der Waals surface area contributed by atoms with Gasteiger partial charge in [-0.15, -0.1) is 4.73 Å². The van der Waals surface area contributed by atoms with Crippen molar-refractivity contribution >= 4 is 21.2 Å². The van der Waals surface area contributed by atoms with Crippen LogP contribution in [0.25, 0.3) is 0 Å². The van der Waals surface area contributed by atoms with E-state index in [1.165, 1.54) is 0 Å². The summed E-state index contributed by atoms with van der Waals surface area (Å²) in [5.74, 6) is -2.18. The van der Waals surface area contributed by atoms with Crippen molar-refractivity contribution in [3.05, 3.63) is 12.1 Å². The highest BCUT2D eigenvalue weighted by molar-refractivity contribution is 7.72. The third kappa shape index (κ3) is 8.21. The fraction of sp³-hybridized carbons (Fsp3) is 0.737. The van der Waals surface area contributed by atoms with Gasteiger partial charge in [-0.25, -0.2) is 4.79 Å². The predicted octanol–water partition coefficient (Wildman–Crippen LogP) is 4.66. The van der Waals surface area contributed by atoms with E-state index >= 15 is 0 Å². The number of hydrogen-bond donors (Lipinski definition) is 2. The minimum atomic E-state index is -4.29. The topological polar surface area (TPSA) is 143 Å². The first-order chi connectivity index (χ1) is 14.6. The molecular formula is C19H35NO10P2. The summed E-state index contributed by atoms with van der Waals surface area (Å²) >= 11 is 0. The van der Waals surface area contributed by atoms with Gasteiger partial charge in [0.2, 0.25) is 11.8 Å². The van der Waals surface area contributed by atoms with Crippen molar-refractivity contribution in [2.45, 2.75) is 91.6 Å². The summed E-state index contributed by atoms with van der Waals surface area (Å²) in [5, 5.41) is 17.8. The number of carbonyl (C=O) groups is 1. The van der Waals surface area contributed by atoms with Crippen LogP contribution in [0.2, 0.25) is 0 Å². The molecule has 186 valence electrons. The lowest BCUT2D eigenvalue weighted by Gasteiger charge is -2.34. The molecule has 32 heavy (non-hydrogen) atoms. The molecule has 0 amide bonds. The second-order valence-electron chi connectivity index (χ2n) is 8.19. The second-order valence-corrected chi connectivity index (χ2v) is 12.8. The van der Waals surface area contributed by atoms with Gasteiger partial charge in [0.15, 0.2) is 5.40 Å². The molecule has 0 radical (unpaired) electrons. The second kappa shape index (κ2) is 11.7. The van der Waals surface area contributed by atoms with Crippen LogP contribution in [-0.4, -0.2) is 50.7 Å². The van der Waals surface area contributed by atoms with Crippen molar-refractivity contribution in [3.63, 3.8) is 0 Å². The molecule has 1 aromatic heterocycles. The van der Waals surface area contributed by atoms with Gasteiger partial charge in [0.1, 0.15) is 0 Å². The molecule has 2 N–H and O–H groups in total. The van der Waals surface area contributed by atoms with Crippen LogP contribution in [0.4, 0.5) is 0 Å². The van der Waals surface area contributed by atoms with Crippen molar-refractivity contribution < 1.29 is 47.1 Å². The maximum atomic E-state index is 13.9. The molecule has 0 spiro atoms. The van der Waals surface area contributed by atoms with Gasteiger partial charge in [0, 0.05) is 12.1 Å². The Hall–Kier alpha value is -1.35. The normalized spacial score (nSPS) is 13.2. The fourth-order valence-corrected chi connectivity index (χ4v) is 8.48. The highest BCUT2D eigenvalue weighted by atomic mass is 31.2. The summed E-state index contributed by atoms with van der Waals surface area (Å²) < 4.78 is 50.7. The van der Waals surface area contributed by atoms with Gasteiger partial charge in [-0.05, 0) is 55.4 Å². The molecule has 0 saturated carbocycles. The Morgan fingerprint density at radius 2 is 1.09 bits per heavy atom. The molecule has 0 aliphatic heterocycles. The van der Waals surface area contributed by atoms with Crippen LogP contribution in [-0.2, 0) is 32.0 Å². The molecule has 1 heterocycles. The summed E-state index contributed by atoms with van der Waals surface area (Å²) in [6.07, 6.45) is -3.21. The zero-order valence-electron chi connectivity index (χ0n) is 19.8. The number of aromatic nitrogens is 1. The minimum absolute atomic E-state index is 0.467. The van der Waals surface area contributed by atoms with E-state index in [0.717, 1.165) is 12.1 Å². The summed E-state index contributed by atoms with van der Waals surface area (Å²) in [6.45, 7) is 12.9. The molecule has 0 atom stereocenters. The monoisotopic (exact) mass is 499 g/mol. The Labute approximate surface area is 189 Å². The SMILES string of the molecule is CC(C)OP(=O)(OC(C)C)C(CC(=O)On1c(O)ccc1O)P(=O)(OC(C)C)OC(C)C. The van der Waals surface area contributed by atoms with Crippen LogP contribution in [0.3, 0.4) is 0 Å². The van der Waals surface area contributed by atoms with Crippen molar-refractivity contribution in [1.29, 1.82) is 0 Å². The maximum absolute atomic E-state index is 13.9. The average Bonchev–Trinajstić information content (AvgIpc) is 2.88. The molecule has 0 saturated heterocycles. The van der Waals surface area contributed by atoms with Gasteiger partial charge in [0.05, 0.1) is 30.8 Å². The molecule has 1 aromatic rings. The molecule has 0 aromatic carbocycles. The molecule has 0 fully saturated rings. The lowest BCUT2D eigenvalue weighted by molar-refractivity contribution is -0.145. The molecule has 0 aliphatic rings. The Morgan fingerprint density at radius 3 is 1.38 bits per heavy atom. The molecule has 0 aliphatic carbocycles. The third-order valence-corrected chi connectivity index (χ3v) is 9.89. The van der Waals surface area contributed by atoms with Crippen LogP contribution in [0.1, 0.15) is 61.8 Å². The predicted molar refractivity (Wildman–Crippen MR) is 118 cm³/mol. The van der Waals surface area contributed by atoms with Crippen molar-refractivity contribution in [2.24, 2.45) is 0 Å². The first-order valence-corrected chi connectivity index (χ1v) is 13.6. The number of nitrogens with zero attached hydrogens (tertiary/aromatic N) is 1. The van der Waals surface area contributed by atoms with Gasteiger partial charge in [0.25, 0.3) is 0 Å². The number of rotatable bonds is 13. The zero-order valence-corrected chi connectivity index (χ0v) is 21.5. The van der Waals surface area contributed by atoms with Crippen molar-refractivity contribution in [2.75, 3.05) is 0 Å². The molecule has 0 unspecified atom stereocenters. The largest absolute Gasteiger partial charge is 0.492 e.